The Hall–Kier alpha value is -0.615. The molecule has 6 heteroatoms. The molecule has 0 amide bonds. The van der Waals surface area contributed by atoms with Gasteiger partial charge in [0.1, 0.15) is 6.10 Å². The fraction of sp³-hybridized carbons (Fsp3) is 0.692. The molecule has 4 fully saturated rings. The van der Waals surface area contributed by atoms with E-state index in [2.05, 4.69) is 25.9 Å². The number of halogens is 1. The van der Waals surface area contributed by atoms with Crippen molar-refractivity contribution in [2.45, 2.75) is 18.9 Å². The van der Waals surface area contributed by atoms with Crippen LogP contribution in [0.25, 0.3) is 0 Å². The Balaban J connectivity index is 1.55. The molecule has 4 aliphatic rings. The summed E-state index contributed by atoms with van der Waals surface area (Å²) in [5.41, 5.74) is 0. The van der Waals surface area contributed by atoms with E-state index in [4.69, 9.17) is 12.7 Å². The van der Waals surface area contributed by atoms with Gasteiger partial charge >= 0.3 is 14.0 Å². The first-order valence-corrected chi connectivity index (χ1v) is 7.69. The van der Waals surface area contributed by atoms with Gasteiger partial charge in [-0.2, -0.15) is 0 Å². The molecule has 98 valence electrons. The number of hydrogen-bond acceptors (Lipinski definition) is 3. The Morgan fingerprint density at radius 2 is 1.79 bits per heavy atom. The van der Waals surface area contributed by atoms with Crippen molar-refractivity contribution in [3.05, 3.63) is 16.9 Å². The van der Waals surface area contributed by atoms with E-state index in [1.54, 1.807) is 12.4 Å². The summed E-state index contributed by atoms with van der Waals surface area (Å²) in [4.78, 5) is 8.46. The van der Waals surface area contributed by atoms with Crippen LogP contribution in [0.15, 0.2) is 16.9 Å². The van der Waals surface area contributed by atoms with Gasteiger partial charge in [0.05, 0.1) is 24.1 Å². The molecule has 0 N–H and O–H groups in total. The smallest absolute Gasteiger partial charge is 0.459 e. The Morgan fingerprint density at radius 1 is 1.16 bits per heavy atom. The minimum Gasteiger partial charge on any atom is -0.459 e. The molecular formula is C13H16BBrN3O+. The lowest BCUT2D eigenvalue weighted by Crippen LogP contribution is -2.70. The summed E-state index contributed by atoms with van der Waals surface area (Å²) in [5, 5.41) is 0. The lowest BCUT2D eigenvalue weighted by molar-refractivity contribution is -0.852. The molecule has 2 unspecified atom stereocenters. The Labute approximate surface area is 122 Å². The number of quaternary nitrogens is 1. The zero-order chi connectivity index (χ0) is 13.0. The molecule has 1 saturated carbocycles. The van der Waals surface area contributed by atoms with Gasteiger partial charge in [0.25, 0.3) is 0 Å². The molecule has 1 aromatic rings. The predicted octanol–water partition coefficient (Wildman–Crippen LogP) is 1.56. The molecule has 4 bridgehead atoms. The molecule has 4 nitrogen and oxygen atoms in total. The predicted molar refractivity (Wildman–Crippen MR) is 74.5 cm³/mol. The van der Waals surface area contributed by atoms with Gasteiger partial charge in [-0.1, -0.05) is 0 Å². The van der Waals surface area contributed by atoms with Crippen LogP contribution in [0, 0.1) is 17.8 Å². The first-order valence-electron chi connectivity index (χ1n) is 6.90. The lowest BCUT2D eigenvalue weighted by Gasteiger charge is -2.59. The van der Waals surface area contributed by atoms with Crippen LogP contribution in [0.2, 0.25) is 0 Å². The van der Waals surface area contributed by atoms with E-state index < -0.39 is 0 Å². The molecule has 3 saturated heterocycles. The molecule has 2 atom stereocenters. The van der Waals surface area contributed by atoms with Crippen LogP contribution in [0.4, 0.5) is 0 Å². The van der Waals surface area contributed by atoms with Crippen LogP contribution in [0.1, 0.15) is 12.8 Å². The second-order valence-corrected chi connectivity index (χ2v) is 7.31. The fourth-order valence-electron chi connectivity index (χ4n) is 4.46. The second-order valence-electron chi connectivity index (χ2n) is 6.39. The van der Waals surface area contributed by atoms with Gasteiger partial charge in [-0.25, -0.2) is 9.97 Å². The summed E-state index contributed by atoms with van der Waals surface area (Å²) in [6, 6.07) is 0.499. The van der Waals surface area contributed by atoms with Gasteiger partial charge in [-0.15, -0.1) is 0 Å². The van der Waals surface area contributed by atoms with Crippen LogP contribution in [-0.4, -0.2) is 48.1 Å². The Kier molecular flexibility index (Phi) is 2.68. The van der Waals surface area contributed by atoms with Crippen molar-refractivity contribution in [1.29, 1.82) is 0 Å². The topological polar surface area (TPSA) is 35.0 Å². The minimum atomic E-state index is 0.257. The number of rotatable bonds is 2. The first-order chi connectivity index (χ1) is 9.11. The zero-order valence-electron chi connectivity index (χ0n) is 10.7. The maximum absolute atomic E-state index is 6.44. The first kappa shape index (κ1) is 12.2. The molecule has 3 aliphatic heterocycles. The van der Waals surface area contributed by atoms with Crippen molar-refractivity contribution in [3.63, 3.8) is 0 Å². The van der Waals surface area contributed by atoms with E-state index in [0.717, 1.165) is 34.4 Å². The highest BCUT2D eigenvalue weighted by Crippen LogP contribution is 2.47. The average Bonchev–Trinajstić information content (AvgIpc) is 2.34. The molecule has 5 rings (SSSR count). The lowest BCUT2D eigenvalue weighted by atomic mass is 9.63. The van der Waals surface area contributed by atoms with Gasteiger partial charge in [0, 0.05) is 30.1 Å². The molecule has 19 heavy (non-hydrogen) atoms. The number of hydrogen-bond donors (Lipinski definition) is 0. The van der Waals surface area contributed by atoms with E-state index in [1.807, 2.05) is 0 Å². The summed E-state index contributed by atoms with van der Waals surface area (Å²) in [6.07, 6.45) is 6.24. The summed E-state index contributed by atoms with van der Waals surface area (Å²) >= 11 is 3.34. The van der Waals surface area contributed by atoms with Gasteiger partial charge in [0.2, 0.25) is 0 Å². The van der Waals surface area contributed by atoms with E-state index in [1.165, 1.54) is 12.8 Å². The van der Waals surface area contributed by atoms with Crippen LogP contribution in [0.5, 0.6) is 6.01 Å². The van der Waals surface area contributed by atoms with Crippen molar-refractivity contribution in [2.75, 3.05) is 19.6 Å². The van der Waals surface area contributed by atoms with Crippen LogP contribution >= 0.6 is 15.9 Å². The monoisotopic (exact) mass is 320 g/mol. The zero-order valence-corrected chi connectivity index (χ0v) is 12.3. The third kappa shape index (κ3) is 2.09. The number of nitrogens with zero attached hydrogens (tertiary/aromatic N) is 3. The van der Waals surface area contributed by atoms with E-state index >= 15 is 0 Å². The third-order valence-corrected chi connectivity index (χ3v) is 5.27. The molecule has 1 aliphatic carbocycles. The van der Waals surface area contributed by atoms with Crippen LogP contribution < -0.4 is 4.74 Å². The van der Waals surface area contributed by atoms with Gasteiger partial charge in [-0.05, 0) is 28.8 Å². The van der Waals surface area contributed by atoms with Crippen molar-refractivity contribution >= 4 is 23.9 Å². The number of ether oxygens (including phenoxy) is 1. The van der Waals surface area contributed by atoms with Crippen molar-refractivity contribution in [1.82, 2.24) is 9.97 Å². The van der Waals surface area contributed by atoms with Crippen molar-refractivity contribution in [3.8, 4) is 6.01 Å². The number of piperidine rings is 3. The largest absolute Gasteiger partial charge is 0.481 e. The standard InChI is InChI=1S/C13H16BBrN3O/c14-18-5-8-1-9(6-18)12(10(2-8)7-18)19-13-16-3-11(15)4-17-13/h3-4,8-10,12H,1-2,5-7H2/q+1. The summed E-state index contributed by atoms with van der Waals surface area (Å²) in [7, 11) is 6.44. The summed E-state index contributed by atoms with van der Waals surface area (Å²) in [5.74, 6) is 1.94. The Morgan fingerprint density at radius 3 is 2.37 bits per heavy atom. The average molecular weight is 321 g/mol. The van der Waals surface area contributed by atoms with E-state index in [0.29, 0.717) is 17.8 Å². The van der Waals surface area contributed by atoms with E-state index in [9.17, 15) is 0 Å². The SMILES string of the molecule is [B][N+]12CC3CC(C1)C(Oc1ncc(Br)cn1)C(C3)C2. The van der Waals surface area contributed by atoms with Gasteiger partial charge in [0.15, 0.2) is 0 Å². The summed E-state index contributed by atoms with van der Waals surface area (Å²) < 4.78 is 7.72. The highest BCUT2D eigenvalue weighted by Gasteiger charge is 2.55. The quantitative estimate of drug-likeness (QED) is 0.776. The molecule has 2 radical (unpaired) electrons. The summed E-state index contributed by atoms with van der Waals surface area (Å²) in [6.45, 7) is 3.26. The number of aromatic nitrogens is 2. The van der Waals surface area contributed by atoms with Gasteiger partial charge < -0.3 is 9.13 Å². The normalized spacial score (nSPS) is 43.4. The highest BCUT2D eigenvalue weighted by atomic mass is 79.9. The maximum Gasteiger partial charge on any atom is 0.481 e. The van der Waals surface area contributed by atoms with Crippen molar-refractivity contribution in [2.24, 2.45) is 17.8 Å². The third-order valence-electron chi connectivity index (χ3n) is 4.86. The molecular weight excluding hydrogens is 305 g/mol. The van der Waals surface area contributed by atoms with E-state index in [-0.39, 0.29) is 6.10 Å². The molecule has 4 heterocycles. The fourth-order valence-corrected chi connectivity index (χ4v) is 4.66. The second kappa shape index (κ2) is 4.19. The maximum atomic E-state index is 6.44. The van der Waals surface area contributed by atoms with Crippen molar-refractivity contribution < 1.29 is 9.13 Å². The van der Waals surface area contributed by atoms with Crippen LogP contribution in [0.3, 0.4) is 0 Å². The highest BCUT2D eigenvalue weighted by molar-refractivity contribution is 9.10. The van der Waals surface area contributed by atoms with Gasteiger partial charge in [-0.3, -0.25) is 0 Å². The molecule has 1 aromatic heterocycles. The Bertz CT molecular complexity index is 481. The minimum absolute atomic E-state index is 0.257. The van der Waals surface area contributed by atoms with Crippen LogP contribution in [-0.2, 0) is 0 Å². The molecule has 0 spiro atoms. The molecule has 0 aromatic carbocycles.